The molecule has 4 heteroatoms. The number of benzene rings is 1. The summed E-state index contributed by atoms with van der Waals surface area (Å²) in [5.74, 6) is -0.0594. The van der Waals surface area contributed by atoms with E-state index in [2.05, 4.69) is 29.6 Å². The number of amides is 1. The molecule has 0 aliphatic heterocycles. The standard InChI is InChI=1S/C15H23NO3/c1-18-11-12-19-13-15(17)16-10-6-5-9-14-7-3-2-4-8-14/h2-4,7-8H,5-6,9-13H2,1H3,(H,16,17). The van der Waals surface area contributed by atoms with E-state index in [4.69, 9.17) is 9.47 Å². The molecule has 0 fully saturated rings. The summed E-state index contributed by atoms with van der Waals surface area (Å²) in [5.41, 5.74) is 1.34. The molecule has 0 heterocycles. The summed E-state index contributed by atoms with van der Waals surface area (Å²) in [5, 5.41) is 2.84. The van der Waals surface area contributed by atoms with E-state index < -0.39 is 0 Å². The highest BCUT2D eigenvalue weighted by molar-refractivity contribution is 5.77. The molecule has 0 saturated heterocycles. The molecule has 0 unspecified atom stereocenters. The summed E-state index contributed by atoms with van der Waals surface area (Å²) >= 11 is 0. The number of unbranched alkanes of at least 4 members (excludes halogenated alkanes) is 1. The van der Waals surface area contributed by atoms with Crippen LogP contribution in [0.2, 0.25) is 0 Å². The van der Waals surface area contributed by atoms with Gasteiger partial charge >= 0.3 is 0 Å². The van der Waals surface area contributed by atoms with E-state index in [1.807, 2.05) is 6.07 Å². The van der Waals surface area contributed by atoms with Crippen LogP contribution < -0.4 is 5.32 Å². The number of hydrogen-bond acceptors (Lipinski definition) is 3. The molecule has 0 aliphatic carbocycles. The first-order valence-corrected chi connectivity index (χ1v) is 6.70. The summed E-state index contributed by atoms with van der Waals surface area (Å²) in [6, 6.07) is 10.4. The zero-order valence-electron chi connectivity index (χ0n) is 11.6. The molecule has 0 saturated carbocycles. The second-order valence-electron chi connectivity index (χ2n) is 4.34. The largest absolute Gasteiger partial charge is 0.382 e. The first-order valence-electron chi connectivity index (χ1n) is 6.70. The molecular weight excluding hydrogens is 242 g/mol. The lowest BCUT2D eigenvalue weighted by Crippen LogP contribution is -2.29. The van der Waals surface area contributed by atoms with Gasteiger partial charge in [0.2, 0.25) is 5.91 Å². The third kappa shape index (κ3) is 8.35. The van der Waals surface area contributed by atoms with Gasteiger partial charge in [0.25, 0.3) is 0 Å². The first-order chi connectivity index (χ1) is 9.33. The molecule has 0 atom stereocenters. The number of rotatable bonds is 10. The summed E-state index contributed by atoms with van der Waals surface area (Å²) in [6.45, 7) is 1.80. The molecule has 0 radical (unpaired) electrons. The number of nitrogens with one attached hydrogen (secondary N) is 1. The number of aryl methyl sites for hydroxylation is 1. The summed E-state index contributed by atoms with van der Waals surface area (Å²) in [6.07, 6.45) is 3.12. The van der Waals surface area contributed by atoms with E-state index in [-0.39, 0.29) is 12.5 Å². The predicted molar refractivity (Wildman–Crippen MR) is 75.1 cm³/mol. The van der Waals surface area contributed by atoms with Crippen molar-refractivity contribution < 1.29 is 14.3 Å². The fraction of sp³-hybridized carbons (Fsp3) is 0.533. The van der Waals surface area contributed by atoms with Crippen LogP contribution >= 0.6 is 0 Å². The van der Waals surface area contributed by atoms with Crippen molar-refractivity contribution in [1.29, 1.82) is 0 Å². The van der Waals surface area contributed by atoms with Crippen molar-refractivity contribution >= 4 is 5.91 Å². The number of carbonyl (C=O) groups excluding carboxylic acids is 1. The fourth-order valence-electron chi connectivity index (χ4n) is 1.68. The number of carbonyl (C=O) groups is 1. The highest BCUT2D eigenvalue weighted by Gasteiger charge is 2.00. The highest BCUT2D eigenvalue weighted by Crippen LogP contribution is 2.03. The van der Waals surface area contributed by atoms with Crippen LogP contribution in [0.3, 0.4) is 0 Å². The minimum absolute atomic E-state index is 0.0594. The van der Waals surface area contributed by atoms with Crippen LogP contribution in [0.4, 0.5) is 0 Å². The van der Waals surface area contributed by atoms with E-state index >= 15 is 0 Å². The molecule has 0 aromatic heterocycles. The van der Waals surface area contributed by atoms with E-state index in [1.54, 1.807) is 7.11 Å². The Balaban J connectivity index is 1.94. The molecule has 0 aliphatic rings. The van der Waals surface area contributed by atoms with Gasteiger partial charge in [-0.1, -0.05) is 30.3 Å². The van der Waals surface area contributed by atoms with Crippen molar-refractivity contribution in [2.24, 2.45) is 0 Å². The Kier molecular flexibility index (Phi) is 8.68. The Bertz CT molecular complexity index is 341. The quantitative estimate of drug-likeness (QED) is 0.656. The summed E-state index contributed by atoms with van der Waals surface area (Å²) in [7, 11) is 1.61. The SMILES string of the molecule is COCCOCC(=O)NCCCCc1ccccc1. The van der Waals surface area contributed by atoms with Crippen LogP contribution in [0, 0.1) is 0 Å². The van der Waals surface area contributed by atoms with Gasteiger partial charge in [-0.25, -0.2) is 0 Å². The second-order valence-corrected chi connectivity index (χ2v) is 4.34. The topological polar surface area (TPSA) is 47.6 Å². The molecule has 1 aromatic carbocycles. The minimum Gasteiger partial charge on any atom is -0.382 e. The van der Waals surface area contributed by atoms with Crippen molar-refractivity contribution in [3.63, 3.8) is 0 Å². The molecule has 0 bridgehead atoms. The van der Waals surface area contributed by atoms with Crippen molar-refractivity contribution in [1.82, 2.24) is 5.32 Å². The minimum atomic E-state index is -0.0594. The van der Waals surface area contributed by atoms with Crippen LogP contribution in [0.1, 0.15) is 18.4 Å². The molecule has 1 rings (SSSR count). The molecule has 4 nitrogen and oxygen atoms in total. The van der Waals surface area contributed by atoms with Crippen LogP contribution in [0.5, 0.6) is 0 Å². The van der Waals surface area contributed by atoms with E-state index in [0.717, 1.165) is 19.3 Å². The van der Waals surface area contributed by atoms with Crippen LogP contribution in [-0.4, -0.2) is 39.4 Å². The van der Waals surface area contributed by atoms with Gasteiger partial charge in [-0.2, -0.15) is 0 Å². The zero-order chi connectivity index (χ0) is 13.8. The van der Waals surface area contributed by atoms with Gasteiger partial charge in [-0.05, 0) is 24.8 Å². The Hall–Kier alpha value is -1.39. The monoisotopic (exact) mass is 265 g/mol. The van der Waals surface area contributed by atoms with Crippen LogP contribution in [-0.2, 0) is 20.7 Å². The average molecular weight is 265 g/mol. The maximum absolute atomic E-state index is 11.4. The first kappa shape index (κ1) is 15.7. The maximum Gasteiger partial charge on any atom is 0.245 e. The van der Waals surface area contributed by atoms with Crippen molar-refractivity contribution in [3.8, 4) is 0 Å². The Morgan fingerprint density at radius 2 is 1.95 bits per heavy atom. The Morgan fingerprint density at radius 3 is 2.68 bits per heavy atom. The van der Waals surface area contributed by atoms with E-state index in [1.165, 1.54) is 5.56 Å². The third-order valence-electron chi connectivity index (χ3n) is 2.72. The van der Waals surface area contributed by atoms with Crippen LogP contribution in [0.15, 0.2) is 30.3 Å². The van der Waals surface area contributed by atoms with Crippen molar-refractivity contribution in [2.75, 3.05) is 33.5 Å². The highest BCUT2D eigenvalue weighted by atomic mass is 16.5. The van der Waals surface area contributed by atoms with E-state index in [0.29, 0.717) is 19.8 Å². The lowest BCUT2D eigenvalue weighted by Gasteiger charge is -2.06. The number of hydrogen-bond donors (Lipinski definition) is 1. The Labute approximate surface area is 115 Å². The lowest BCUT2D eigenvalue weighted by molar-refractivity contribution is -0.126. The molecule has 0 spiro atoms. The van der Waals surface area contributed by atoms with E-state index in [9.17, 15) is 4.79 Å². The van der Waals surface area contributed by atoms with Gasteiger partial charge in [0.1, 0.15) is 6.61 Å². The molecule has 19 heavy (non-hydrogen) atoms. The molecular formula is C15H23NO3. The number of methoxy groups -OCH3 is 1. The Morgan fingerprint density at radius 1 is 1.16 bits per heavy atom. The van der Waals surface area contributed by atoms with Crippen molar-refractivity contribution in [2.45, 2.75) is 19.3 Å². The molecule has 1 N–H and O–H groups in total. The average Bonchev–Trinajstić information content (AvgIpc) is 2.44. The molecule has 106 valence electrons. The molecule has 1 amide bonds. The van der Waals surface area contributed by atoms with Gasteiger partial charge in [-0.3, -0.25) is 4.79 Å². The van der Waals surface area contributed by atoms with Gasteiger partial charge in [0.05, 0.1) is 13.2 Å². The van der Waals surface area contributed by atoms with Gasteiger partial charge < -0.3 is 14.8 Å². The van der Waals surface area contributed by atoms with Crippen molar-refractivity contribution in [3.05, 3.63) is 35.9 Å². The summed E-state index contributed by atoms with van der Waals surface area (Å²) in [4.78, 5) is 11.4. The second kappa shape index (κ2) is 10.5. The van der Waals surface area contributed by atoms with Crippen LogP contribution in [0.25, 0.3) is 0 Å². The third-order valence-corrected chi connectivity index (χ3v) is 2.72. The zero-order valence-corrected chi connectivity index (χ0v) is 11.6. The van der Waals surface area contributed by atoms with Gasteiger partial charge in [0, 0.05) is 13.7 Å². The smallest absolute Gasteiger partial charge is 0.245 e. The maximum atomic E-state index is 11.4. The normalized spacial score (nSPS) is 10.4. The number of ether oxygens (including phenoxy) is 2. The predicted octanol–water partition coefficient (Wildman–Crippen LogP) is 1.79. The van der Waals surface area contributed by atoms with Gasteiger partial charge in [-0.15, -0.1) is 0 Å². The summed E-state index contributed by atoms with van der Waals surface area (Å²) < 4.78 is 9.95. The van der Waals surface area contributed by atoms with Gasteiger partial charge in [0.15, 0.2) is 0 Å². The molecule has 1 aromatic rings. The fourth-order valence-corrected chi connectivity index (χ4v) is 1.68. The lowest BCUT2D eigenvalue weighted by atomic mass is 10.1.